The van der Waals surface area contributed by atoms with E-state index in [1.54, 1.807) is 12.4 Å². The summed E-state index contributed by atoms with van der Waals surface area (Å²) in [6.45, 7) is 0.620. The van der Waals surface area contributed by atoms with Crippen LogP contribution in [-0.4, -0.2) is 34.3 Å². The van der Waals surface area contributed by atoms with Gasteiger partial charge in [-0.1, -0.05) is 18.9 Å². The molecular weight excluding hydrogens is 326 g/mol. The zero-order chi connectivity index (χ0) is 18.0. The molecule has 26 heavy (non-hydrogen) atoms. The molecule has 1 unspecified atom stereocenters. The molecule has 1 saturated carbocycles. The fourth-order valence-corrected chi connectivity index (χ4v) is 4.88. The number of aromatic nitrogens is 1. The van der Waals surface area contributed by atoms with Gasteiger partial charge in [0.15, 0.2) is 0 Å². The Balaban J connectivity index is 1.46. The molecule has 2 fully saturated rings. The Morgan fingerprint density at radius 2 is 2.00 bits per heavy atom. The van der Waals surface area contributed by atoms with E-state index in [-0.39, 0.29) is 11.8 Å². The van der Waals surface area contributed by atoms with Crippen LogP contribution >= 0.6 is 0 Å². The minimum atomic E-state index is -0.491. The highest BCUT2D eigenvalue weighted by molar-refractivity contribution is 5.91. The largest absolute Gasteiger partial charge is 0.355 e. The Labute approximate surface area is 154 Å². The average Bonchev–Trinajstić information content (AvgIpc) is 3.33. The number of pyridine rings is 1. The Kier molecular flexibility index (Phi) is 4.79. The van der Waals surface area contributed by atoms with Crippen LogP contribution in [0.1, 0.15) is 56.9 Å². The summed E-state index contributed by atoms with van der Waals surface area (Å²) in [6.07, 6.45) is 13.9. The quantitative estimate of drug-likeness (QED) is 0.885. The van der Waals surface area contributed by atoms with E-state index in [2.05, 4.69) is 16.4 Å². The van der Waals surface area contributed by atoms with Gasteiger partial charge >= 0.3 is 0 Å². The molecule has 5 heteroatoms. The van der Waals surface area contributed by atoms with Gasteiger partial charge in [-0.05, 0) is 56.2 Å². The van der Waals surface area contributed by atoms with Crippen molar-refractivity contribution < 1.29 is 9.59 Å². The zero-order valence-electron chi connectivity index (χ0n) is 15.2. The first-order valence-electron chi connectivity index (χ1n) is 9.91. The third-order valence-electron chi connectivity index (χ3n) is 6.27. The first-order valence-corrected chi connectivity index (χ1v) is 9.91. The van der Waals surface area contributed by atoms with Gasteiger partial charge in [0.1, 0.15) is 0 Å². The van der Waals surface area contributed by atoms with E-state index in [4.69, 9.17) is 0 Å². The maximum absolute atomic E-state index is 13.2. The van der Waals surface area contributed by atoms with Crippen LogP contribution < -0.4 is 5.32 Å². The highest BCUT2D eigenvalue weighted by atomic mass is 16.2. The van der Waals surface area contributed by atoms with Gasteiger partial charge < -0.3 is 10.2 Å². The smallest absolute Gasteiger partial charge is 0.232 e. The molecule has 1 saturated heterocycles. The predicted molar refractivity (Wildman–Crippen MR) is 99.0 cm³/mol. The summed E-state index contributed by atoms with van der Waals surface area (Å²) in [4.78, 5) is 31.8. The van der Waals surface area contributed by atoms with E-state index in [1.165, 1.54) is 18.4 Å². The predicted octanol–water partition coefficient (Wildman–Crippen LogP) is 2.97. The second-order valence-corrected chi connectivity index (χ2v) is 7.77. The van der Waals surface area contributed by atoms with Crippen molar-refractivity contribution in [3.05, 3.63) is 41.9 Å². The van der Waals surface area contributed by atoms with Gasteiger partial charge in [0.25, 0.3) is 0 Å². The number of hydrogen-bond donors (Lipinski definition) is 1. The number of allylic oxidation sites excluding steroid dienone is 1. The summed E-state index contributed by atoms with van der Waals surface area (Å²) in [5.74, 6) is 0.316. The summed E-state index contributed by atoms with van der Waals surface area (Å²) in [7, 11) is 0. The summed E-state index contributed by atoms with van der Waals surface area (Å²) < 4.78 is 0. The molecule has 1 atom stereocenters. The molecule has 1 aromatic heterocycles. The van der Waals surface area contributed by atoms with E-state index in [1.807, 2.05) is 17.0 Å². The molecule has 3 aliphatic rings. The van der Waals surface area contributed by atoms with Gasteiger partial charge in [-0.25, -0.2) is 0 Å². The van der Waals surface area contributed by atoms with Crippen LogP contribution in [0.3, 0.4) is 0 Å². The molecule has 1 aromatic rings. The van der Waals surface area contributed by atoms with Crippen molar-refractivity contribution in [1.82, 2.24) is 15.2 Å². The lowest BCUT2D eigenvalue weighted by molar-refractivity contribution is -0.141. The summed E-state index contributed by atoms with van der Waals surface area (Å²) in [5, 5.41) is 3.15. The fraction of sp³-hybridized carbons (Fsp3) is 0.571. The van der Waals surface area contributed by atoms with Crippen LogP contribution in [0, 0.1) is 5.41 Å². The van der Waals surface area contributed by atoms with Crippen molar-refractivity contribution in [2.75, 3.05) is 6.54 Å². The molecular formula is C21H27N3O2. The zero-order valence-corrected chi connectivity index (χ0v) is 15.2. The number of nitrogens with zero attached hydrogens (tertiary/aromatic N) is 2. The molecule has 0 radical (unpaired) electrons. The normalized spacial score (nSPS) is 25.9. The summed E-state index contributed by atoms with van der Waals surface area (Å²) in [6, 6.07) is 4.26. The molecule has 138 valence electrons. The van der Waals surface area contributed by atoms with Crippen LogP contribution in [0.5, 0.6) is 0 Å². The number of carbonyl (C=O) groups is 2. The molecule has 4 rings (SSSR count). The Bertz CT molecular complexity index is 709. The SMILES string of the molecule is O=C1CCC2(C(=O)NCCc3ccncc3)CCC=C2N1C1CCCC1. The summed E-state index contributed by atoms with van der Waals surface area (Å²) in [5.41, 5.74) is 1.68. The van der Waals surface area contributed by atoms with Crippen molar-refractivity contribution in [3.63, 3.8) is 0 Å². The first-order chi connectivity index (χ1) is 12.7. The van der Waals surface area contributed by atoms with Crippen LogP contribution in [0.4, 0.5) is 0 Å². The van der Waals surface area contributed by atoms with Crippen molar-refractivity contribution >= 4 is 11.8 Å². The number of piperidine rings is 1. The number of hydrogen-bond acceptors (Lipinski definition) is 3. The molecule has 1 N–H and O–H groups in total. The molecule has 1 aliphatic heterocycles. The first kappa shape index (κ1) is 17.3. The minimum absolute atomic E-state index is 0.103. The molecule has 2 heterocycles. The van der Waals surface area contributed by atoms with E-state index in [9.17, 15) is 9.59 Å². The van der Waals surface area contributed by atoms with Crippen molar-refractivity contribution in [2.45, 2.75) is 63.8 Å². The topological polar surface area (TPSA) is 62.3 Å². The Morgan fingerprint density at radius 1 is 1.23 bits per heavy atom. The second kappa shape index (κ2) is 7.22. The van der Waals surface area contributed by atoms with Crippen LogP contribution in [0.15, 0.2) is 36.3 Å². The molecule has 5 nitrogen and oxygen atoms in total. The van der Waals surface area contributed by atoms with Gasteiger partial charge in [-0.15, -0.1) is 0 Å². The maximum atomic E-state index is 13.2. The van der Waals surface area contributed by atoms with E-state index >= 15 is 0 Å². The Hall–Kier alpha value is -2.17. The molecule has 2 aliphatic carbocycles. The Morgan fingerprint density at radius 3 is 2.77 bits per heavy atom. The van der Waals surface area contributed by atoms with Crippen molar-refractivity contribution in [2.24, 2.45) is 5.41 Å². The number of carbonyl (C=O) groups excluding carboxylic acids is 2. The molecule has 0 aromatic carbocycles. The number of nitrogens with one attached hydrogen (secondary N) is 1. The second-order valence-electron chi connectivity index (χ2n) is 7.77. The molecule has 0 bridgehead atoms. The van der Waals surface area contributed by atoms with Gasteiger partial charge in [0.2, 0.25) is 11.8 Å². The number of rotatable bonds is 5. The highest BCUT2D eigenvalue weighted by Crippen LogP contribution is 2.50. The van der Waals surface area contributed by atoms with Crippen molar-refractivity contribution in [3.8, 4) is 0 Å². The number of likely N-dealkylation sites (tertiary alicyclic amines) is 1. The number of amides is 2. The lowest BCUT2D eigenvalue weighted by Gasteiger charge is -2.44. The van der Waals surface area contributed by atoms with E-state index < -0.39 is 5.41 Å². The number of fused-ring (bicyclic) bond motifs is 1. The van der Waals surface area contributed by atoms with Crippen LogP contribution in [0.2, 0.25) is 0 Å². The average molecular weight is 353 g/mol. The van der Waals surface area contributed by atoms with Crippen LogP contribution in [-0.2, 0) is 16.0 Å². The monoisotopic (exact) mass is 353 g/mol. The van der Waals surface area contributed by atoms with Gasteiger partial charge in [-0.3, -0.25) is 14.6 Å². The third-order valence-corrected chi connectivity index (χ3v) is 6.27. The molecule has 2 amide bonds. The van der Waals surface area contributed by atoms with E-state index in [0.717, 1.165) is 37.8 Å². The van der Waals surface area contributed by atoms with Crippen molar-refractivity contribution in [1.29, 1.82) is 0 Å². The van der Waals surface area contributed by atoms with Crippen LogP contribution in [0.25, 0.3) is 0 Å². The lowest BCUT2D eigenvalue weighted by atomic mass is 9.75. The van der Waals surface area contributed by atoms with E-state index in [0.29, 0.717) is 25.4 Å². The standard InChI is InChI=1S/C21H27N3O2/c25-19-7-12-21(20(26)23-15-10-16-8-13-22-14-9-16)11-3-6-18(21)24(19)17-4-1-2-5-17/h6,8-9,13-14,17H,1-5,7,10-12,15H2,(H,23,26). The highest BCUT2D eigenvalue weighted by Gasteiger charge is 2.52. The van der Waals surface area contributed by atoms with Gasteiger partial charge in [0.05, 0.1) is 5.41 Å². The summed E-state index contributed by atoms with van der Waals surface area (Å²) >= 11 is 0. The molecule has 0 spiro atoms. The van der Waals surface area contributed by atoms with Gasteiger partial charge in [-0.2, -0.15) is 0 Å². The fourth-order valence-electron chi connectivity index (χ4n) is 4.88. The lowest BCUT2D eigenvalue weighted by Crippen LogP contribution is -2.53. The third kappa shape index (κ3) is 3.04. The van der Waals surface area contributed by atoms with Gasteiger partial charge in [0, 0.05) is 37.1 Å². The minimum Gasteiger partial charge on any atom is -0.355 e. The maximum Gasteiger partial charge on any atom is 0.232 e.